The van der Waals surface area contributed by atoms with Gasteiger partial charge in [-0.05, 0) is 30.3 Å². The molecule has 0 aliphatic heterocycles. The molecule has 0 amide bonds. The molecule has 6 nitrogen and oxygen atoms in total. The van der Waals surface area contributed by atoms with Gasteiger partial charge in [0.25, 0.3) is 0 Å². The maximum atomic E-state index is 14.6. The van der Waals surface area contributed by atoms with E-state index in [-0.39, 0.29) is 29.1 Å². The summed E-state index contributed by atoms with van der Waals surface area (Å²) in [4.78, 5) is 3.80. The van der Waals surface area contributed by atoms with Gasteiger partial charge in [0.15, 0.2) is 0 Å². The summed E-state index contributed by atoms with van der Waals surface area (Å²) in [6.07, 6.45) is 2.55. The molecule has 0 spiro atoms. The SMILES string of the molecule is C[C@@H](c1cc(-c2ccc(F)cc2F)no1)[C@](O)(Cn1cncn1)c1cc(F)ccc1F. The molecular formula is C21H16F4N4O2. The molecule has 1 N–H and O–H groups in total. The maximum Gasteiger partial charge on any atom is 0.143 e. The Kier molecular flexibility index (Phi) is 5.32. The van der Waals surface area contributed by atoms with Crippen LogP contribution in [-0.4, -0.2) is 25.0 Å². The van der Waals surface area contributed by atoms with E-state index in [2.05, 4.69) is 15.2 Å². The minimum Gasteiger partial charge on any atom is -0.382 e. The second-order valence-corrected chi connectivity index (χ2v) is 7.10. The van der Waals surface area contributed by atoms with Crippen molar-refractivity contribution in [3.05, 3.63) is 89.7 Å². The molecule has 0 fully saturated rings. The Morgan fingerprint density at radius 3 is 2.48 bits per heavy atom. The smallest absolute Gasteiger partial charge is 0.143 e. The van der Waals surface area contributed by atoms with E-state index in [4.69, 9.17) is 4.52 Å². The van der Waals surface area contributed by atoms with Crippen LogP contribution in [0.1, 0.15) is 24.2 Å². The zero-order chi connectivity index (χ0) is 22.2. The predicted octanol–water partition coefficient (Wildman–Crippen LogP) is 4.18. The number of benzene rings is 2. The molecule has 2 aromatic carbocycles. The molecule has 2 aromatic heterocycles. The Morgan fingerprint density at radius 2 is 1.77 bits per heavy atom. The first-order chi connectivity index (χ1) is 14.8. The number of rotatable bonds is 6. The fourth-order valence-electron chi connectivity index (χ4n) is 3.40. The minimum atomic E-state index is -2.03. The molecule has 0 saturated carbocycles. The average Bonchev–Trinajstić information content (AvgIpc) is 3.41. The van der Waals surface area contributed by atoms with Gasteiger partial charge >= 0.3 is 0 Å². The molecule has 0 saturated heterocycles. The molecule has 0 aliphatic rings. The summed E-state index contributed by atoms with van der Waals surface area (Å²) in [5, 5.41) is 19.3. The number of nitrogens with zero attached hydrogens (tertiary/aromatic N) is 4. The third-order valence-electron chi connectivity index (χ3n) is 5.14. The minimum absolute atomic E-state index is 0.0136. The topological polar surface area (TPSA) is 77.0 Å². The van der Waals surface area contributed by atoms with Crippen molar-refractivity contribution in [2.24, 2.45) is 0 Å². The van der Waals surface area contributed by atoms with E-state index in [0.29, 0.717) is 6.07 Å². The van der Waals surface area contributed by atoms with Crippen LogP contribution in [-0.2, 0) is 12.1 Å². The summed E-state index contributed by atoms with van der Waals surface area (Å²) >= 11 is 0. The first-order valence-corrected chi connectivity index (χ1v) is 9.20. The highest BCUT2D eigenvalue weighted by Crippen LogP contribution is 2.40. The van der Waals surface area contributed by atoms with Crippen molar-refractivity contribution < 1.29 is 27.2 Å². The van der Waals surface area contributed by atoms with Gasteiger partial charge in [-0.15, -0.1) is 0 Å². The standard InChI is InChI=1S/C21H16F4N4O2/c1-12(20-8-19(28-31-20)15-4-2-14(23)7-18(15)25)21(30,9-29-11-26-10-27-29)16-6-13(22)3-5-17(16)24/h2-8,10-12,30H,9H2,1H3/t12-,21+/m0/s1. The lowest BCUT2D eigenvalue weighted by molar-refractivity contribution is -0.0183. The predicted molar refractivity (Wildman–Crippen MR) is 101 cm³/mol. The highest BCUT2D eigenvalue weighted by molar-refractivity contribution is 5.59. The summed E-state index contributed by atoms with van der Waals surface area (Å²) in [6, 6.07) is 7.05. The number of aliphatic hydroxyl groups is 1. The van der Waals surface area contributed by atoms with Crippen LogP contribution < -0.4 is 0 Å². The summed E-state index contributed by atoms with van der Waals surface area (Å²) in [5.41, 5.74) is -2.30. The van der Waals surface area contributed by atoms with Crippen molar-refractivity contribution in [2.45, 2.75) is 25.0 Å². The Hall–Kier alpha value is -3.53. The average molecular weight is 432 g/mol. The molecular weight excluding hydrogens is 416 g/mol. The van der Waals surface area contributed by atoms with E-state index in [9.17, 15) is 22.7 Å². The Balaban J connectivity index is 1.77. The summed E-state index contributed by atoms with van der Waals surface area (Å²) in [7, 11) is 0. The van der Waals surface area contributed by atoms with Gasteiger partial charge in [0.05, 0.1) is 12.5 Å². The van der Waals surface area contributed by atoms with Gasteiger partial charge in [0.2, 0.25) is 0 Å². The summed E-state index contributed by atoms with van der Waals surface area (Å²) < 4.78 is 62.4. The molecule has 31 heavy (non-hydrogen) atoms. The van der Waals surface area contributed by atoms with E-state index in [1.165, 1.54) is 36.4 Å². The van der Waals surface area contributed by atoms with Gasteiger partial charge in [-0.1, -0.05) is 12.1 Å². The van der Waals surface area contributed by atoms with E-state index in [1.54, 1.807) is 0 Å². The normalized spacial score (nSPS) is 14.4. The molecule has 0 unspecified atom stereocenters. The van der Waals surface area contributed by atoms with Gasteiger partial charge in [-0.25, -0.2) is 27.2 Å². The second-order valence-electron chi connectivity index (χ2n) is 7.10. The maximum absolute atomic E-state index is 14.6. The lowest BCUT2D eigenvalue weighted by Crippen LogP contribution is -2.38. The van der Waals surface area contributed by atoms with Gasteiger partial charge in [0, 0.05) is 23.3 Å². The molecule has 4 aromatic rings. The molecule has 160 valence electrons. The molecule has 4 rings (SSSR count). The zero-order valence-corrected chi connectivity index (χ0v) is 16.1. The number of hydrogen-bond donors (Lipinski definition) is 1. The van der Waals surface area contributed by atoms with E-state index >= 15 is 0 Å². The van der Waals surface area contributed by atoms with Crippen molar-refractivity contribution in [1.82, 2.24) is 19.9 Å². The van der Waals surface area contributed by atoms with Gasteiger partial charge in [-0.3, -0.25) is 0 Å². The van der Waals surface area contributed by atoms with Crippen LogP contribution in [0, 0.1) is 23.3 Å². The zero-order valence-electron chi connectivity index (χ0n) is 16.1. The van der Waals surface area contributed by atoms with Crippen LogP contribution in [0.3, 0.4) is 0 Å². The summed E-state index contributed by atoms with van der Waals surface area (Å²) in [5.74, 6) is -4.07. The molecule has 10 heteroatoms. The van der Waals surface area contributed by atoms with Crippen molar-refractivity contribution in [1.29, 1.82) is 0 Å². The Morgan fingerprint density at radius 1 is 1.03 bits per heavy atom. The molecule has 2 atom stereocenters. The number of halogens is 4. The number of hydrogen-bond acceptors (Lipinski definition) is 5. The first kappa shape index (κ1) is 20.7. The van der Waals surface area contributed by atoms with Crippen LogP contribution in [0.2, 0.25) is 0 Å². The number of aromatic nitrogens is 4. The third kappa shape index (κ3) is 3.93. The quantitative estimate of drug-likeness (QED) is 0.463. The van der Waals surface area contributed by atoms with E-state index in [0.717, 1.165) is 24.3 Å². The molecule has 0 aliphatic carbocycles. The van der Waals surface area contributed by atoms with E-state index in [1.807, 2.05) is 0 Å². The summed E-state index contributed by atoms with van der Waals surface area (Å²) in [6.45, 7) is 1.24. The highest BCUT2D eigenvalue weighted by Gasteiger charge is 2.42. The molecule has 0 radical (unpaired) electrons. The molecule has 0 bridgehead atoms. The Bertz CT molecular complexity index is 1210. The largest absolute Gasteiger partial charge is 0.382 e. The van der Waals surface area contributed by atoms with Gasteiger partial charge in [0.1, 0.15) is 53.0 Å². The van der Waals surface area contributed by atoms with Crippen molar-refractivity contribution in [2.75, 3.05) is 0 Å². The fraction of sp³-hybridized carbons (Fsp3) is 0.190. The van der Waals surface area contributed by atoms with Gasteiger partial charge in [-0.2, -0.15) is 5.10 Å². The van der Waals surface area contributed by atoms with E-state index < -0.39 is 34.8 Å². The Labute approximate surface area is 173 Å². The van der Waals surface area contributed by atoms with Crippen LogP contribution in [0.25, 0.3) is 11.3 Å². The van der Waals surface area contributed by atoms with Crippen LogP contribution in [0.4, 0.5) is 17.6 Å². The van der Waals surface area contributed by atoms with Crippen LogP contribution in [0.15, 0.2) is 59.6 Å². The van der Waals surface area contributed by atoms with Crippen LogP contribution in [0.5, 0.6) is 0 Å². The fourth-order valence-corrected chi connectivity index (χ4v) is 3.40. The van der Waals surface area contributed by atoms with Crippen LogP contribution >= 0.6 is 0 Å². The first-order valence-electron chi connectivity index (χ1n) is 9.20. The van der Waals surface area contributed by atoms with Crippen molar-refractivity contribution >= 4 is 0 Å². The second kappa shape index (κ2) is 7.95. The van der Waals surface area contributed by atoms with Crippen molar-refractivity contribution in [3.63, 3.8) is 0 Å². The monoisotopic (exact) mass is 432 g/mol. The third-order valence-corrected chi connectivity index (χ3v) is 5.14. The highest BCUT2D eigenvalue weighted by atomic mass is 19.1. The van der Waals surface area contributed by atoms with Crippen molar-refractivity contribution in [3.8, 4) is 11.3 Å². The lowest BCUT2D eigenvalue weighted by Gasteiger charge is -2.33. The lowest BCUT2D eigenvalue weighted by atomic mass is 9.80. The molecule has 2 heterocycles. The van der Waals surface area contributed by atoms with Gasteiger partial charge < -0.3 is 9.63 Å².